The van der Waals surface area contributed by atoms with E-state index in [2.05, 4.69) is 4.90 Å². The van der Waals surface area contributed by atoms with Crippen LogP contribution in [0.3, 0.4) is 0 Å². The molecular weight excluding hydrogens is 334 g/mol. The Hall–Kier alpha value is -2.41. The summed E-state index contributed by atoms with van der Waals surface area (Å²) in [5.41, 5.74) is 0.626. The third kappa shape index (κ3) is 2.00. The van der Waals surface area contributed by atoms with Gasteiger partial charge in [-0.2, -0.15) is 0 Å². The lowest BCUT2D eigenvalue weighted by Gasteiger charge is -2.57. The SMILES string of the molecule is C[C@@H]1CN2c3ccccc3CC3(C(=O)N(C)C(=O)N(C)C3=O)[C@H]2[C@H](C)O1. The van der Waals surface area contributed by atoms with Gasteiger partial charge in [0.2, 0.25) is 11.8 Å². The number of benzene rings is 1. The molecule has 1 aromatic rings. The van der Waals surface area contributed by atoms with Crippen LogP contribution < -0.4 is 4.90 Å². The van der Waals surface area contributed by atoms with Crippen LogP contribution in [0.1, 0.15) is 19.4 Å². The van der Waals surface area contributed by atoms with Crippen LogP contribution in [0.4, 0.5) is 10.5 Å². The Labute approximate surface area is 152 Å². The molecule has 4 rings (SSSR count). The van der Waals surface area contributed by atoms with E-state index in [0.29, 0.717) is 6.54 Å². The molecule has 3 aliphatic heterocycles. The first-order valence-corrected chi connectivity index (χ1v) is 8.89. The van der Waals surface area contributed by atoms with Crippen LogP contribution in [0.25, 0.3) is 0 Å². The van der Waals surface area contributed by atoms with E-state index in [1.54, 1.807) is 0 Å². The second-order valence-corrected chi connectivity index (χ2v) is 7.54. The number of anilines is 1. The van der Waals surface area contributed by atoms with E-state index in [4.69, 9.17) is 4.74 Å². The van der Waals surface area contributed by atoms with E-state index in [1.807, 2.05) is 38.1 Å². The van der Waals surface area contributed by atoms with Crippen molar-refractivity contribution >= 4 is 23.5 Å². The Kier molecular flexibility index (Phi) is 3.63. The Morgan fingerprint density at radius 1 is 1.04 bits per heavy atom. The Balaban J connectivity index is 1.94. The largest absolute Gasteiger partial charge is 0.372 e. The summed E-state index contributed by atoms with van der Waals surface area (Å²) in [7, 11) is 2.88. The molecule has 3 heterocycles. The summed E-state index contributed by atoms with van der Waals surface area (Å²) < 4.78 is 6.02. The van der Waals surface area contributed by atoms with E-state index in [-0.39, 0.29) is 18.6 Å². The van der Waals surface area contributed by atoms with Crippen molar-refractivity contribution in [1.29, 1.82) is 0 Å². The third-order valence-corrected chi connectivity index (χ3v) is 5.90. The molecule has 0 unspecified atom stereocenters. The topological polar surface area (TPSA) is 70.2 Å². The molecular formula is C19H23N3O4. The molecule has 0 radical (unpaired) electrons. The number of barbiturate groups is 1. The van der Waals surface area contributed by atoms with E-state index in [0.717, 1.165) is 21.1 Å². The molecule has 3 atom stereocenters. The second kappa shape index (κ2) is 5.54. The smallest absolute Gasteiger partial charge is 0.332 e. The minimum atomic E-state index is -1.36. The van der Waals surface area contributed by atoms with Gasteiger partial charge in [-0.15, -0.1) is 0 Å². The quantitative estimate of drug-likeness (QED) is 0.654. The molecule has 3 aliphatic rings. The minimum Gasteiger partial charge on any atom is -0.372 e. The Morgan fingerprint density at radius 3 is 2.31 bits per heavy atom. The summed E-state index contributed by atoms with van der Waals surface area (Å²) in [5.74, 6) is -0.889. The summed E-state index contributed by atoms with van der Waals surface area (Å²) in [6, 6.07) is 6.81. The molecule has 7 heteroatoms. The van der Waals surface area contributed by atoms with Crippen LogP contribution in [-0.2, 0) is 20.7 Å². The molecule has 2 fully saturated rings. The first kappa shape index (κ1) is 17.0. The number of fused-ring (bicyclic) bond motifs is 4. The van der Waals surface area contributed by atoms with Crippen LogP contribution in [-0.4, -0.2) is 66.5 Å². The van der Waals surface area contributed by atoms with Crippen LogP contribution >= 0.6 is 0 Å². The first-order chi connectivity index (χ1) is 12.3. The van der Waals surface area contributed by atoms with Gasteiger partial charge in [0.25, 0.3) is 0 Å². The van der Waals surface area contributed by atoms with Crippen molar-refractivity contribution < 1.29 is 19.1 Å². The summed E-state index contributed by atoms with van der Waals surface area (Å²) >= 11 is 0. The van der Waals surface area contributed by atoms with Gasteiger partial charge in [-0.1, -0.05) is 18.2 Å². The van der Waals surface area contributed by atoms with E-state index in [1.165, 1.54) is 14.1 Å². The number of nitrogens with zero attached hydrogens (tertiary/aromatic N) is 3. The maximum atomic E-state index is 13.3. The predicted octanol–water partition coefficient (Wildman–Crippen LogP) is 1.26. The number of amides is 4. The fraction of sp³-hybridized carbons (Fsp3) is 0.526. The standard InChI is InChI=1S/C19H23N3O4/c1-11-10-22-14-8-6-5-7-13(14)9-19(15(22)12(2)26-11)16(23)20(3)18(25)21(4)17(19)24/h5-8,11-12,15H,9-10H2,1-4H3/t11-,12+,15-/m1/s1. The molecule has 7 nitrogen and oxygen atoms in total. The predicted molar refractivity (Wildman–Crippen MR) is 94.7 cm³/mol. The number of hydrogen-bond acceptors (Lipinski definition) is 5. The normalized spacial score (nSPS) is 30.5. The summed E-state index contributed by atoms with van der Waals surface area (Å²) in [5, 5.41) is 0. The van der Waals surface area contributed by atoms with Gasteiger partial charge in [-0.3, -0.25) is 19.4 Å². The fourth-order valence-electron chi connectivity index (χ4n) is 4.88. The average molecular weight is 357 g/mol. The lowest BCUT2D eigenvalue weighted by Crippen LogP contribution is -2.75. The number of para-hydroxylation sites is 1. The Bertz CT molecular complexity index is 784. The number of ether oxygens (including phenoxy) is 1. The fourth-order valence-corrected chi connectivity index (χ4v) is 4.88. The van der Waals surface area contributed by atoms with Crippen molar-refractivity contribution in [3.8, 4) is 0 Å². The second-order valence-electron chi connectivity index (χ2n) is 7.54. The van der Waals surface area contributed by atoms with Crippen molar-refractivity contribution in [2.45, 2.75) is 38.5 Å². The molecule has 0 N–H and O–H groups in total. The third-order valence-electron chi connectivity index (χ3n) is 5.90. The van der Waals surface area contributed by atoms with Crippen molar-refractivity contribution in [1.82, 2.24) is 9.80 Å². The lowest BCUT2D eigenvalue weighted by atomic mass is 9.66. The van der Waals surface area contributed by atoms with Crippen molar-refractivity contribution in [3.05, 3.63) is 29.8 Å². The number of carbonyl (C=O) groups is 3. The molecule has 2 saturated heterocycles. The highest BCUT2D eigenvalue weighted by atomic mass is 16.5. The van der Waals surface area contributed by atoms with Crippen molar-refractivity contribution in [2.24, 2.45) is 5.41 Å². The number of carbonyl (C=O) groups excluding carboxylic acids is 3. The van der Waals surface area contributed by atoms with E-state index in [9.17, 15) is 14.4 Å². The number of morpholine rings is 1. The molecule has 4 amide bonds. The van der Waals surface area contributed by atoms with E-state index >= 15 is 0 Å². The van der Waals surface area contributed by atoms with Gasteiger partial charge in [0.15, 0.2) is 5.41 Å². The van der Waals surface area contributed by atoms with Crippen LogP contribution in [0, 0.1) is 5.41 Å². The molecule has 0 aromatic heterocycles. The zero-order chi connectivity index (χ0) is 18.8. The highest BCUT2D eigenvalue weighted by molar-refractivity contribution is 6.20. The van der Waals surface area contributed by atoms with Gasteiger partial charge in [0, 0.05) is 26.3 Å². The number of rotatable bonds is 0. The Morgan fingerprint density at radius 2 is 1.65 bits per heavy atom. The summed E-state index contributed by atoms with van der Waals surface area (Å²) in [6.07, 6.45) is -0.0724. The van der Waals surface area contributed by atoms with Crippen LogP contribution in [0.15, 0.2) is 24.3 Å². The molecule has 0 aliphatic carbocycles. The van der Waals surface area contributed by atoms with Crippen LogP contribution in [0.5, 0.6) is 0 Å². The number of urea groups is 1. The molecule has 138 valence electrons. The van der Waals surface area contributed by atoms with Crippen molar-refractivity contribution in [2.75, 3.05) is 25.5 Å². The monoisotopic (exact) mass is 357 g/mol. The van der Waals surface area contributed by atoms with Gasteiger partial charge >= 0.3 is 6.03 Å². The first-order valence-electron chi connectivity index (χ1n) is 8.89. The van der Waals surface area contributed by atoms with E-state index < -0.39 is 29.3 Å². The van der Waals surface area contributed by atoms with Gasteiger partial charge in [0.05, 0.1) is 18.2 Å². The van der Waals surface area contributed by atoms with Gasteiger partial charge in [-0.25, -0.2) is 4.79 Å². The lowest BCUT2D eigenvalue weighted by molar-refractivity contribution is -0.166. The maximum absolute atomic E-state index is 13.3. The van der Waals surface area contributed by atoms with Crippen LogP contribution in [0.2, 0.25) is 0 Å². The van der Waals surface area contributed by atoms with Gasteiger partial charge < -0.3 is 9.64 Å². The zero-order valence-electron chi connectivity index (χ0n) is 15.4. The summed E-state index contributed by atoms with van der Waals surface area (Å²) in [6.45, 7) is 4.48. The highest BCUT2D eigenvalue weighted by Crippen LogP contribution is 2.48. The molecule has 1 spiro atoms. The number of imide groups is 2. The van der Waals surface area contributed by atoms with Crippen molar-refractivity contribution in [3.63, 3.8) is 0 Å². The number of hydrogen-bond donors (Lipinski definition) is 0. The maximum Gasteiger partial charge on any atom is 0.332 e. The van der Waals surface area contributed by atoms with Gasteiger partial charge in [0.1, 0.15) is 0 Å². The molecule has 0 bridgehead atoms. The average Bonchev–Trinajstić information content (AvgIpc) is 2.62. The molecule has 26 heavy (non-hydrogen) atoms. The molecule has 0 saturated carbocycles. The summed E-state index contributed by atoms with van der Waals surface area (Å²) in [4.78, 5) is 43.2. The zero-order valence-corrected chi connectivity index (χ0v) is 15.4. The van der Waals surface area contributed by atoms with Gasteiger partial charge in [-0.05, 0) is 31.9 Å². The highest BCUT2D eigenvalue weighted by Gasteiger charge is 2.65. The minimum absolute atomic E-state index is 0.0182. The molecule has 1 aromatic carbocycles.